The molecule has 0 spiro atoms. The molecule has 2 amide bonds. The second-order valence-electron chi connectivity index (χ2n) is 8.36. The van der Waals surface area contributed by atoms with E-state index in [4.69, 9.17) is 4.74 Å². The van der Waals surface area contributed by atoms with Gasteiger partial charge in [0.15, 0.2) is 0 Å². The number of hydrogen-bond acceptors (Lipinski definition) is 4. The van der Waals surface area contributed by atoms with Gasteiger partial charge in [-0.25, -0.2) is 9.69 Å². The Labute approximate surface area is 192 Å². The van der Waals surface area contributed by atoms with Crippen LogP contribution in [0, 0.1) is 11.8 Å². The number of methoxy groups -OCH3 is 1. The molecular weight excluding hydrogens is 414 g/mol. The Morgan fingerprint density at radius 3 is 1.58 bits per heavy atom. The van der Waals surface area contributed by atoms with E-state index >= 15 is 0 Å². The highest BCUT2D eigenvalue weighted by molar-refractivity contribution is 6.23. The lowest BCUT2D eigenvalue weighted by Gasteiger charge is -2.32. The largest absolute Gasteiger partial charge is 0.465 e. The van der Waals surface area contributed by atoms with Gasteiger partial charge < -0.3 is 4.74 Å². The van der Waals surface area contributed by atoms with Crippen molar-refractivity contribution in [3.05, 3.63) is 114 Å². The van der Waals surface area contributed by atoms with Crippen LogP contribution < -0.4 is 4.90 Å². The molecule has 1 saturated heterocycles. The number of fused-ring (bicyclic) bond motifs is 1. The van der Waals surface area contributed by atoms with Gasteiger partial charge >= 0.3 is 5.97 Å². The van der Waals surface area contributed by atoms with E-state index in [1.165, 1.54) is 12.0 Å². The number of nitrogens with zero attached hydrogens (tertiary/aromatic N) is 1. The van der Waals surface area contributed by atoms with E-state index < -0.39 is 17.8 Å². The molecule has 3 aromatic carbocycles. The van der Waals surface area contributed by atoms with Gasteiger partial charge in [-0.15, -0.1) is 0 Å². The van der Waals surface area contributed by atoms with Gasteiger partial charge in [0.2, 0.25) is 11.8 Å². The third kappa shape index (κ3) is 3.55. The van der Waals surface area contributed by atoms with Gasteiger partial charge in [0.05, 0.1) is 30.2 Å². The van der Waals surface area contributed by atoms with Crippen molar-refractivity contribution in [3.8, 4) is 0 Å². The lowest BCUT2D eigenvalue weighted by Crippen LogP contribution is -2.31. The molecule has 33 heavy (non-hydrogen) atoms. The van der Waals surface area contributed by atoms with Crippen molar-refractivity contribution in [2.24, 2.45) is 11.8 Å². The molecule has 5 rings (SSSR count). The third-order valence-electron chi connectivity index (χ3n) is 6.61. The number of imide groups is 1. The third-order valence-corrected chi connectivity index (χ3v) is 6.61. The summed E-state index contributed by atoms with van der Waals surface area (Å²) in [7, 11) is 1.31. The van der Waals surface area contributed by atoms with Gasteiger partial charge in [-0.2, -0.15) is 0 Å². The zero-order valence-corrected chi connectivity index (χ0v) is 18.1. The Bertz CT molecular complexity index is 1150. The molecule has 2 aliphatic rings. The van der Waals surface area contributed by atoms with Gasteiger partial charge in [-0.05, 0) is 35.4 Å². The van der Waals surface area contributed by atoms with Crippen molar-refractivity contribution in [3.63, 3.8) is 0 Å². The molecule has 0 radical (unpaired) electrons. The Morgan fingerprint density at radius 1 is 0.697 bits per heavy atom. The van der Waals surface area contributed by atoms with Crippen LogP contribution >= 0.6 is 0 Å². The summed E-state index contributed by atoms with van der Waals surface area (Å²) in [6.45, 7) is 0. The molecule has 4 unspecified atom stereocenters. The number of carbonyl (C=O) groups is 3. The van der Waals surface area contributed by atoms with E-state index in [9.17, 15) is 14.4 Å². The predicted molar refractivity (Wildman–Crippen MR) is 125 cm³/mol. The molecule has 0 bridgehead atoms. The first-order chi connectivity index (χ1) is 16.1. The van der Waals surface area contributed by atoms with E-state index in [0.29, 0.717) is 11.3 Å². The zero-order valence-electron chi connectivity index (χ0n) is 18.1. The Morgan fingerprint density at radius 2 is 1.15 bits per heavy atom. The second kappa shape index (κ2) is 8.51. The number of esters is 1. The minimum atomic E-state index is -0.504. The van der Waals surface area contributed by atoms with Crippen LogP contribution in [0.5, 0.6) is 0 Å². The molecule has 4 atom stereocenters. The molecule has 1 fully saturated rings. The van der Waals surface area contributed by atoms with Gasteiger partial charge in [-0.3, -0.25) is 9.59 Å². The van der Waals surface area contributed by atoms with Crippen LogP contribution in [0.25, 0.3) is 0 Å². The fourth-order valence-electron chi connectivity index (χ4n) is 5.05. The van der Waals surface area contributed by atoms with Crippen molar-refractivity contribution in [2.45, 2.75) is 11.8 Å². The van der Waals surface area contributed by atoms with Gasteiger partial charge in [0, 0.05) is 11.8 Å². The number of benzene rings is 3. The molecule has 0 saturated carbocycles. The number of hydrogen-bond donors (Lipinski definition) is 0. The summed E-state index contributed by atoms with van der Waals surface area (Å²) in [4.78, 5) is 40.6. The fourth-order valence-corrected chi connectivity index (χ4v) is 5.05. The van der Waals surface area contributed by atoms with E-state index in [2.05, 4.69) is 12.2 Å². The van der Waals surface area contributed by atoms with Crippen LogP contribution in [-0.2, 0) is 14.3 Å². The smallest absolute Gasteiger partial charge is 0.337 e. The van der Waals surface area contributed by atoms with Crippen LogP contribution in [0.2, 0.25) is 0 Å². The first-order valence-corrected chi connectivity index (χ1v) is 10.9. The fraction of sp³-hybridized carbons (Fsp3) is 0.179. The second-order valence-corrected chi connectivity index (χ2v) is 8.36. The highest BCUT2D eigenvalue weighted by Gasteiger charge is 2.55. The maximum atomic E-state index is 13.8. The minimum absolute atomic E-state index is 0.188. The summed E-state index contributed by atoms with van der Waals surface area (Å²) in [5, 5.41) is 0. The summed E-state index contributed by atoms with van der Waals surface area (Å²) in [5.41, 5.74) is 2.85. The van der Waals surface area contributed by atoms with Crippen LogP contribution in [0.4, 0.5) is 5.69 Å². The average Bonchev–Trinajstić information content (AvgIpc) is 3.14. The first-order valence-electron chi connectivity index (χ1n) is 10.9. The van der Waals surface area contributed by atoms with Crippen molar-refractivity contribution in [2.75, 3.05) is 12.0 Å². The number of amides is 2. The van der Waals surface area contributed by atoms with Crippen molar-refractivity contribution in [1.29, 1.82) is 0 Å². The number of allylic oxidation sites excluding steroid dienone is 2. The molecule has 164 valence electrons. The van der Waals surface area contributed by atoms with Crippen LogP contribution in [0.1, 0.15) is 33.3 Å². The predicted octanol–water partition coefficient (Wildman–Crippen LogP) is 4.72. The number of rotatable bonds is 4. The van der Waals surface area contributed by atoms with Crippen LogP contribution in [0.3, 0.4) is 0 Å². The number of anilines is 1. The van der Waals surface area contributed by atoms with Gasteiger partial charge in [0.25, 0.3) is 0 Å². The monoisotopic (exact) mass is 437 g/mol. The van der Waals surface area contributed by atoms with Crippen LogP contribution in [-0.4, -0.2) is 24.9 Å². The van der Waals surface area contributed by atoms with Crippen molar-refractivity contribution in [1.82, 2.24) is 0 Å². The molecule has 5 nitrogen and oxygen atoms in total. The standard InChI is InChI=1S/C28H23NO4/c1-33-28(32)20-12-14-21(15-13-20)29-26(30)24-22(18-8-4-2-5-9-18)16-17-23(25(24)27(29)31)19-10-6-3-7-11-19/h2-17,22-25H,1H3. The van der Waals surface area contributed by atoms with E-state index in [0.717, 1.165) is 11.1 Å². The lowest BCUT2D eigenvalue weighted by molar-refractivity contribution is -0.122. The van der Waals surface area contributed by atoms with E-state index in [1.807, 2.05) is 60.7 Å². The molecule has 5 heteroatoms. The molecule has 1 heterocycles. The molecule has 3 aromatic rings. The molecule has 0 aromatic heterocycles. The summed E-state index contributed by atoms with van der Waals surface area (Å²) in [6.07, 6.45) is 4.15. The SMILES string of the molecule is COC(=O)c1ccc(N2C(=O)C3C(c4ccccc4)C=CC(c4ccccc4)C3C2=O)cc1. The van der Waals surface area contributed by atoms with Crippen LogP contribution in [0.15, 0.2) is 97.1 Å². The Hall–Kier alpha value is -3.99. The normalized spacial score (nSPS) is 24.0. The number of carbonyl (C=O) groups excluding carboxylic acids is 3. The highest BCUT2D eigenvalue weighted by atomic mass is 16.5. The summed E-state index contributed by atoms with van der Waals surface area (Å²) < 4.78 is 4.75. The summed E-state index contributed by atoms with van der Waals surface area (Å²) >= 11 is 0. The van der Waals surface area contributed by atoms with Crippen molar-refractivity contribution >= 4 is 23.5 Å². The maximum Gasteiger partial charge on any atom is 0.337 e. The zero-order chi connectivity index (χ0) is 22.9. The lowest BCUT2D eigenvalue weighted by atomic mass is 9.68. The summed E-state index contributed by atoms with van der Waals surface area (Å²) in [6, 6.07) is 26.1. The molecule has 0 N–H and O–H groups in total. The van der Waals surface area contributed by atoms with Gasteiger partial charge in [-0.1, -0.05) is 72.8 Å². The first kappa shape index (κ1) is 20.9. The topological polar surface area (TPSA) is 63.7 Å². The molecule has 1 aliphatic carbocycles. The quantitative estimate of drug-likeness (QED) is 0.337. The Balaban J connectivity index is 1.58. The number of ether oxygens (including phenoxy) is 1. The minimum Gasteiger partial charge on any atom is -0.465 e. The average molecular weight is 437 g/mol. The highest BCUT2D eigenvalue weighted by Crippen LogP contribution is 2.50. The summed E-state index contributed by atoms with van der Waals surface area (Å²) in [5.74, 6) is -2.28. The Kier molecular flexibility index (Phi) is 5.38. The maximum absolute atomic E-state index is 13.8. The molecular formula is C28H23NO4. The van der Waals surface area contributed by atoms with Crippen molar-refractivity contribution < 1.29 is 19.1 Å². The molecule has 1 aliphatic heterocycles. The van der Waals surface area contributed by atoms with E-state index in [1.54, 1.807) is 24.3 Å². The van der Waals surface area contributed by atoms with E-state index in [-0.39, 0.29) is 23.7 Å². The van der Waals surface area contributed by atoms with Gasteiger partial charge in [0.1, 0.15) is 0 Å².